The number of fused-ring (bicyclic) bond motifs is 4. The minimum Gasteiger partial charge on any atom is -0.453 e. The second kappa shape index (κ2) is 7.43. The highest BCUT2D eigenvalue weighted by molar-refractivity contribution is 5.94. The summed E-state index contributed by atoms with van der Waals surface area (Å²) in [6.07, 6.45) is 3.46. The van der Waals surface area contributed by atoms with Gasteiger partial charge in [0.1, 0.15) is 5.60 Å². The van der Waals surface area contributed by atoms with Gasteiger partial charge in [-0.1, -0.05) is 12.1 Å². The van der Waals surface area contributed by atoms with Gasteiger partial charge < -0.3 is 25.0 Å². The lowest BCUT2D eigenvalue weighted by Gasteiger charge is -2.45. The molecule has 0 spiro atoms. The topological polar surface area (TPSA) is 85.1 Å². The van der Waals surface area contributed by atoms with Crippen LogP contribution in [0.2, 0.25) is 0 Å². The van der Waals surface area contributed by atoms with Crippen molar-refractivity contribution in [3.05, 3.63) is 48.0 Å². The van der Waals surface area contributed by atoms with E-state index in [1.807, 2.05) is 49.9 Å². The molecule has 3 heterocycles. The third kappa shape index (κ3) is 3.55. The molecule has 3 aliphatic rings. The Bertz CT molecular complexity index is 1060. The third-order valence-corrected chi connectivity index (χ3v) is 6.53. The quantitative estimate of drug-likeness (QED) is 0.721. The van der Waals surface area contributed by atoms with Crippen molar-refractivity contribution in [2.24, 2.45) is 5.73 Å². The van der Waals surface area contributed by atoms with Gasteiger partial charge in [0.25, 0.3) is 0 Å². The van der Waals surface area contributed by atoms with Gasteiger partial charge in [-0.05, 0) is 76.8 Å². The molecule has 0 radical (unpaired) electrons. The molecule has 32 heavy (non-hydrogen) atoms. The molecular formula is C25H29N3O4. The van der Waals surface area contributed by atoms with Crippen molar-refractivity contribution in [2.45, 2.75) is 70.2 Å². The number of piperidine rings is 1. The van der Waals surface area contributed by atoms with Gasteiger partial charge in [-0.3, -0.25) is 4.79 Å². The summed E-state index contributed by atoms with van der Waals surface area (Å²) in [4.78, 5) is 28.9. The summed E-state index contributed by atoms with van der Waals surface area (Å²) in [6, 6.07) is 13.8. The van der Waals surface area contributed by atoms with Crippen LogP contribution < -0.4 is 15.4 Å². The van der Waals surface area contributed by atoms with Crippen molar-refractivity contribution < 1.29 is 19.1 Å². The van der Waals surface area contributed by atoms with Gasteiger partial charge in [0, 0.05) is 23.7 Å². The molecule has 2 aromatic carbocycles. The molecule has 3 atom stereocenters. The van der Waals surface area contributed by atoms with Crippen molar-refractivity contribution in [2.75, 3.05) is 4.90 Å². The van der Waals surface area contributed by atoms with E-state index in [1.54, 1.807) is 12.1 Å². The summed E-state index contributed by atoms with van der Waals surface area (Å²) in [5, 5.41) is 0. The van der Waals surface area contributed by atoms with Crippen molar-refractivity contribution in [3.63, 3.8) is 0 Å². The van der Waals surface area contributed by atoms with Gasteiger partial charge in [0.2, 0.25) is 5.91 Å². The number of hydrogen-bond donors (Lipinski definition) is 1. The Morgan fingerprint density at radius 3 is 2.28 bits per heavy atom. The second-order valence-electron chi connectivity index (χ2n) is 9.88. The van der Waals surface area contributed by atoms with Crippen LogP contribution in [-0.4, -0.2) is 40.6 Å². The van der Waals surface area contributed by atoms with E-state index in [0.717, 1.165) is 42.8 Å². The normalized spacial score (nSPS) is 23.8. The van der Waals surface area contributed by atoms with Crippen molar-refractivity contribution >= 4 is 23.4 Å². The Morgan fingerprint density at radius 2 is 1.62 bits per heavy atom. The first-order valence-electron chi connectivity index (χ1n) is 11.2. The van der Waals surface area contributed by atoms with E-state index in [9.17, 15) is 9.59 Å². The number of ether oxygens (including phenoxy) is 2. The summed E-state index contributed by atoms with van der Waals surface area (Å²) in [5.74, 6) is 0.899. The highest BCUT2D eigenvalue weighted by Gasteiger charge is 2.47. The molecule has 2 bridgehead atoms. The number of rotatable bonds is 2. The van der Waals surface area contributed by atoms with E-state index in [0.29, 0.717) is 11.3 Å². The smallest absolute Gasteiger partial charge is 0.410 e. The first-order valence-corrected chi connectivity index (χ1v) is 11.2. The van der Waals surface area contributed by atoms with Crippen molar-refractivity contribution in [3.8, 4) is 11.5 Å². The lowest BCUT2D eigenvalue weighted by atomic mass is 9.94. The molecule has 7 nitrogen and oxygen atoms in total. The number of para-hydroxylation sites is 2. The Kier molecular flexibility index (Phi) is 4.80. The number of amides is 2. The van der Waals surface area contributed by atoms with E-state index in [1.165, 1.54) is 0 Å². The second-order valence-corrected chi connectivity index (χ2v) is 9.88. The first-order chi connectivity index (χ1) is 15.2. The zero-order valence-corrected chi connectivity index (χ0v) is 18.7. The lowest BCUT2D eigenvalue weighted by molar-refractivity contribution is 0.00612. The average Bonchev–Trinajstić information content (AvgIpc) is 3.00. The summed E-state index contributed by atoms with van der Waals surface area (Å²) in [6.45, 7) is 5.71. The molecule has 5 rings (SSSR count). The number of anilines is 2. The van der Waals surface area contributed by atoms with Crippen LogP contribution in [0.15, 0.2) is 42.5 Å². The van der Waals surface area contributed by atoms with Crippen LogP contribution in [0.5, 0.6) is 11.5 Å². The van der Waals surface area contributed by atoms with E-state index >= 15 is 0 Å². The van der Waals surface area contributed by atoms with E-state index in [4.69, 9.17) is 15.2 Å². The highest BCUT2D eigenvalue weighted by Crippen LogP contribution is 2.51. The van der Waals surface area contributed by atoms with E-state index in [2.05, 4.69) is 11.0 Å². The van der Waals surface area contributed by atoms with Crippen LogP contribution >= 0.6 is 0 Å². The lowest BCUT2D eigenvalue weighted by Crippen LogP contribution is -2.53. The maximum Gasteiger partial charge on any atom is 0.410 e. The Labute approximate surface area is 188 Å². The molecule has 2 saturated heterocycles. The Hall–Kier alpha value is -3.22. The van der Waals surface area contributed by atoms with Crippen LogP contribution in [0.3, 0.4) is 0 Å². The summed E-state index contributed by atoms with van der Waals surface area (Å²) >= 11 is 0. The Balaban J connectivity index is 1.47. The molecule has 0 unspecified atom stereocenters. The zero-order valence-electron chi connectivity index (χ0n) is 18.7. The van der Waals surface area contributed by atoms with Crippen LogP contribution in [0.25, 0.3) is 0 Å². The molecule has 2 amide bonds. The van der Waals surface area contributed by atoms with E-state index < -0.39 is 11.5 Å². The molecule has 0 saturated carbocycles. The first kappa shape index (κ1) is 20.7. The standard InChI is InChI=1S/C25H29N3O4/c1-25(2,3)32-24(30)27-16-9-10-17(27)14-18(13-16)28-19-6-4-5-7-21(19)31-22-12-15(23(26)29)8-11-20(22)28/h4-8,11-12,16-18H,9-10,13-14H2,1-3H3,(H2,26,29)/t16-,17+,18+. The molecular weight excluding hydrogens is 406 g/mol. The number of nitrogens with zero attached hydrogens (tertiary/aromatic N) is 2. The van der Waals surface area contributed by atoms with Crippen LogP contribution in [0, 0.1) is 0 Å². The average molecular weight is 436 g/mol. The summed E-state index contributed by atoms with van der Waals surface area (Å²) in [5.41, 5.74) is 7.33. The van der Waals surface area contributed by atoms with Crippen molar-refractivity contribution in [1.29, 1.82) is 0 Å². The number of hydrogen-bond acceptors (Lipinski definition) is 5. The molecule has 2 N–H and O–H groups in total. The Morgan fingerprint density at radius 1 is 0.969 bits per heavy atom. The van der Waals surface area contributed by atoms with Gasteiger partial charge in [-0.2, -0.15) is 0 Å². The fraction of sp³-hybridized carbons (Fsp3) is 0.440. The van der Waals surface area contributed by atoms with Crippen LogP contribution in [0.1, 0.15) is 56.8 Å². The maximum atomic E-state index is 12.9. The molecule has 2 fully saturated rings. The van der Waals surface area contributed by atoms with Gasteiger partial charge in [-0.25, -0.2) is 4.79 Å². The van der Waals surface area contributed by atoms with Crippen molar-refractivity contribution in [1.82, 2.24) is 4.90 Å². The van der Waals surface area contributed by atoms with Gasteiger partial charge >= 0.3 is 6.09 Å². The summed E-state index contributed by atoms with van der Waals surface area (Å²) < 4.78 is 11.8. The minimum atomic E-state index is -0.506. The summed E-state index contributed by atoms with van der Waals surface area (Å²) in [7, 11) is 0. The fourth-order valence-electron chi connectivity index (χ4n) is 5.30. The van der Waals surface area contributed by atoms with E-state index in [-0.39, 0.29) is 24.2 Å². The molecule has 2 aromatic rings. The number of benzene rings is 2. The fourth-order valence-corrected chi connectivity index (χ4v) is 5.30. The van der Waals surface area contributed by atoms with Crippen LogP contribution in [-0.2, 0) is 4.74 Å². The maximum absolute atomic E-state index is 12.9. The predicted molar refractivity (Wildman–Crippen MR) is 122 cm³/mol. The number of carbonyl (C=O) groups is 2. The highest BCUT2D eigenvalue weighted by atomic mass is 16.6. The molecule has 168 valence electrons. The van der Waals surface area contributed by atoms with Gasteiger partial charge in [0.05, 0.1) is 11.4 Å². The number of nitrogens with two attached hydrogens (primary N) is 1. The molecule has 0 aromatic heterocycles. The number of carbonyl (C=O) groups excluding carboxylic acids is 2. The zero-order chi connectivity index (χ0) is 22.6. The largest absolute Gasteiger partial charge is 0.453 e. The predicted octanol–water partition coefficient (Wildman–Crippen LogP) is 4.96. The monoisotopic (exact) mass is 435 g/mol. The molecule has 7 heteroatoms. The number of primary amides is 1. The minimum absolute atomic E-state index is 0.150. The SMILES string of the molecule is CC(C)(C)OC(=O)N1[C@@H]2CC[C@H]1C[C@@H](N1c3ccccc3Oc3cc(C(N)=O)ccc31)C2. The van der Waals surface area contributed by atoms with Gasteiger partial charge in [0.15, 0.2) is 11.5 Å². The van der Waals surface area contributed by atoms with Crippen LogP contribution in [0.4, 0.5) is 16.2 Å². The third-order valence-electron chi connectivity index (χ3n) is 6.53. The molecule has 0 aliphatic carbocycles. The molecule has 3 aliphatic heterocycles. The van der Waals surface area contributed by atoms with Gasteiger partial charge in [-0.15, -0.1) is 0 Å².